The molecule has 1 atom stereocenters. The summed E-state index contributed by atoms with van der Waals surface area (Å²) in [6.45, 7) is 1.19. The van der Waals surface area contributed by atoms with Gasteiger partial charge in [0.1, 0.15) is 11.3 Å². The summed E-state index contributed by atoms with van der Waals surface area (Å²) in [5.74, 6) is -4.41. The molecule has 0 amide bonds. The van der Waals surface area contributed by atoms with Crippen molar-refractivity contribution in [2.75, 3.05) is 0 Å². The molecule has 0 saturated carbocycles. The van der Waals surface area contributed by atoms with E-state index in [0.29, 0.717) is 0 Å². The number of carboxylic acid groups (broad SMARTS) is 1. The van der Waals surface area contributed by atoms with E-state index < -0.39 is 28.9 Å². The summed E-state index contributed by atoms with van der Waals surface area (Å²) in [6, 6.07) is 2.21. The van der Waals surface area contributed by atoms with Crippen molar-refractivity contribution >= 4 is 13.7 Å². The van der Waals surface area contributed by atoms with Gasteiger partial charge < -0.3 is 20.5 Å². The van der Waals surface area contributed by atoms with E-state index in [2.05, 4.69) is 4.65 Å². The summed E-state index contributed by atoms with van der Waals surface area (Å²) in [7, 11) is 0.210. The number of aliphatic carboxylic acids is 1. The molecule has 4 N–H and O–H groups in total. The van der Waals surface area contributed by atoms with E-state index >= 15 is 0 Å². The lowest BCUT2D eigenvalue weighted by atomic mass is 9.93. The molecule has 0 bridgehead atoms. The van der Waals surface area contributed by atoms with E-state index in [-0.39, 0.29) is 19.7 Å². The van der Waals surface area contributed by atoms with Crippen molar-refractivity contribution in [1.29, 1.82) is 0 Å². The Morgan fingerprint density at radius 2 is 2.11 bits per heavy atom. The van der Waals surface area contributed by atoms with Gasteiger partial charge in [-0.3, -0.25) is 4.79 Å². The molecule has 1 aromatic rings. The van der Waals surface area contributed by atoms with Crippen LogP contribution in [0.3, 0.4) is 0 Å². The Morgan fingerprint density at radius 3 is 2.61 bits per heavy atom. The highest BCUT2D eigenvalue weighted by Gasteiger charge is 2.30. The summed E-state index contributed by atoms with van der Waals surface area (Å²) in [4.78, 5) is 10.8. The van der Waals surface area contributed by atoms with Gasteiger partial charge >= 0.3 is 13.7 Å². The van der Waals surface area contributed by atoms with Crippen LogP contribution in [0.25, 0.3) is 0 Å². The standard InChI is InChI=1S/C10H11BF2NO4/c1-10(14,9(15)16)4-5-2-3-6(18-11-17)8(13)7(5)12/h2-3,17H,4,14H2,1H3,(H,15,16)/t10-/m1/s1. The first-order valence-corrected chi connectivity index (χ1v) is 4.91. The number of carbonyl (C=O) groups is 1. The van der Waals surface area contributed by atoms with Crippen molar-refractivity contribution in [3.8, 4) is 5.75 Å². The minimum Gasteiger partial charge on any atom is -0.535 e. The van der Waals surface area contributed by atoms with Gasteiger partial charge in [0.2, 0.25) is 0 Å². The van der Waals surface area contributed by atoms with Crippen LogP contribution in [-0.4, -0.2) is 29.3 Å². The van der Waals surface area contributed by atoms with E-state index in [9.17, 15) is 13.6 Å². The maximum Gasteiger partial charge on any atom is 0.569 e. The van der Waals surface area contributed by atoms with E-state index in [1.807, 2.05) is 0 Å². The van der Waals surface area contributed by atoms with Gasteiger partial charge in [-0.1, -0.05) is 6.07 Å². The number of nitrogens with two attached hydrogens (primary N) is 1. The third kappa shape index (κ3) is 2.96. The summed E-state index contributed by atoms with van der Waals surface area (Å²) >= 11 is 0. The van der Waals surface area contributed by atoms with Crippen LogP contribution in [0.4, 0.5) is 8.78 Å². The highest BCUT2D eigenvalue weighted by Crippen LogP contribution is 2.24. The molecule has 0 aliphatic carbocycles. The fourth-order valence-corrected chi connectivity index (χ4v) is 1.33. The zero-order valence-corrected chi connectivity index (χ0v) is 9.48. The summed E-state index contributed by atoms with van der Waals surface area (Å²) < 4.78 is 31.3. The van der Waals surface area contributed by atoms with Gasteiger partial charge in [-0.2, -0.15) is 4.39 Å². The van der Waals surface area contributed by atoms with Crippen LogP contribution in [0.5, 0.6) is 5.75 Å². The average Bonchev–Trinajstić information content (AvgIpc) is 2.28. The van der Waals surface area contributed by atoms with Crippen molar-refractivity contribution in [2.45, 2.75) is 18.9 Å². The second-order valence-electron chi connectivity index (χ2n) is 3.97. The highest BCUT2D eigenvalue weighted by molar-refractivity contribution is 6.17. The average molecular weight is 258 g/mol. The Bertz CT molecular complexity index is 467. The molecule has 1 radical (unpaired) electrons. The second kappa shape index (κ2) is 5.32. The summed E-state index contributed by atoms with van der Waals surface area (Å²) in [5, 5.41) is 17.1. The van der Waals surface area contributed by atoms with Crippen LogP contribution < -0.4 is 10.4 Å². The molecule has 0 unspecified atom stereocenters. The van der Waals surface area contributed by atoms with Crippen molar-refractivity contribution in [2.24, 2.45) is 5.73 Å². The van der Waals surface area contributed by atoms with Crippen molar-refractivity contribution in [1.82, 2.24) is 0 Å². The zero-order valence-electron chi connectivity index (χ0n) is 9.48. The molecule has 1 aromatic carbocycles. The molecular formula is C10H11BF2NO4. The van der Waals surface area contributed by atoms with Crippen LogP contribution in [0.1, 0.15) is 12.5 Å². The van der Waals surface area contributed by atoms with E-state index in [1.54, 1.807) is 0 Å². The van der Waals surface area contributed by atoms with E-state index in [1.165, 1.54) is 6.92 Å². The third-order valence-electron chi connectivity index (χ3n) is 2.35. The summed E-state index contributed by atoms with van der Waals surface area (Å²) in [5.41, 5.74) is 3.54. The molecule has 8 heteroatoms. The molecule has 0 aliphatic rings. The normalized spacial score (nSPS) is 13.8. The first-order chi connectivity index (χ1) is 8.29. The smallest absolute Gasteiger partial charge is 0.535 e. The minimum atomic E-state index is -1.71. The van der Waals surface area contributed by atoms with Gasteiger partial charge in [0.05, 0.1) is 0 Å². The quantitative estimate of drug-likeness (QED) is 0.656. The number of carboxylic acids is 1. The number of hydrogen-bond acceptors (Lipinski definition) is 4. The Balaban J connectivity index is 3.06. The molecule has 97 valence electrons. The van der Waals surface area contributed by atoms with Gasteiger partial charge in [-0.05, 0) is 18.6 Å². The van der Waals surface area contributed by atoms with Gasteiger partial charge in [0.15, 0.2) is 11.6 Å². The molecular weight excluding hydrogens is 247 g/mol. The molecule has 0 fully saturated rings. The van der Waals surface area contributed by atoms with Crippen LogP contribution in [0.2, 0.25) is 0 Å². The lowest BCUT2D eigenvalue weighted by molar-refractivity contribution is -0.142. The SMILES string of the molecule is C[C@@](N)(Cc1ccc(O[B]O)c(F)c1F)C(=O)O. The molecule has 0 saturated heterocycles. The van der Waals surface area contributed by atoms with Crippen LogP contribution >= 0.6 is 0 Å². The molecule has 18 heavy (non-hydrogen) atoms. The number of benzene rings is 1. The van der Waals surface area contributed by atoms with E-state index in [4.69, 9.17) is 15.9 Å². The monoisotopic (exact) mass is 258 g/mol. The van der Waals surface area contributed by atoms with Gasteiger partial charge in [-0.15, -0.1) is 0 Å². The number of rotatable bonds is 5. The lowest BCUT2D eigenvalue weighted by Gasteiger charge is -2.19. The van der Waals surface area contributed by atoms with Gasteiger partial charge in [-0.25, -0.2) is 4.39 Å². The minimum absolute atomic E-state index is 0.190. The summed E-state index contributed by atoms with van der Waals surface area (Å²) in [6.07, 6.45) is -0.381. The Kier molecular flexibility index (Phi) is 4.26. The van der Waals surface area contributed by atoms with Crippen LogP contribution in [-0.2, 0) is 11.2 Å². The maximum absolute atomic E-state index is 13.6. The molecule has 0 heterocycles. The van der Waals surface area contributed by atoms with Crippen LogP contribution in [0, 0.1) is 11.6 Å². The van der Waals surface area contributed by atoms with Gasteiger partial charge in [0, 0.05) is 6.42 Å². The second-order valence-corrected chi connectivity index (χ2v) is 3.97. The maximum atomic E-state index is 13.6. The molecule has 1 rings (SSSR count). The van der Waals surface area contributed by atoms with Gasteiger partial charge in [0.25, 0.3) is 0 Å². The molecule has 5 nitrogen and oxygen atoms in total. The highest BCUT2D eigenvalue weighted by atomic mass is 19.2. The Morgan fingerprint density at radius 1 is 1.50 bits per heavy atom. The molecule has 0 aliphatic heterocycles. The largest absolute Gasteiger partial charge is 0.569 e. The topological polar surface area (TPSA) is 92.8 Å². The molecule has 0 spiro atoms. The van der Waals surface area contributed by atoms with Crippen LogP contribution in [0.15, 0.2) is 12.1 Å². The van der Waals surface area contributed by atoms with Crippen molar-refractivity contribution < 1.29 is 28.4 Å². The lowest BCUT2D eigenvalue weighted by Crippen LogP contribution is -2.47. The van der Waals surface area contributed by atoms with Crippen molar-refractivity contribution in [3.05, 3.63) is 29.3 Å². The first-order valence-electron chi connectivity index (χ1n) is 4.91. The fourth-order valence-electron chi connectivity index (χ4n) is 1.33. The fraction of sp³-hybridized carbons (Fsp3) is 0.300. The first kappa shape index (κ1) is 14.4. The number of halogens is 2. The Labute approximate surface area is 102 Å². The zero-order chi connectivity index (χ0) is 13.9. The predicted molar refractivity (Wildman–Crippen MR) is 58.9 cm³/mol. The predicted octanol–water partition coefficient (Wildman–Crippen LogP) is 0.215. The van der Waals surface area contributed by atoms with E-state index in [0.717, 1.165) is 12.1 Å². The third-order valence-corrected chi connectivity index (χ3v) is 2.35. The van der Waals surface area contributed by atoms with Crippen molar-refractivity contribution in [3.63, 3.8) is 0 Å². The number of hydrogen-bond donors (Lipinski definition) is 3. The molecule has 0 aromatic heterocycles. The Hall–Kier alpha value is -1.67.